The van der Waals surface area contributed by atoms with E-state index in [4.69, 9.17) is 5.73 Å². The van der Waals surface area contributed by atoms with Crippen LogP contribution in [-0.4, -0.2) is 41.5 Å². The highest BCUT2D eigenvalue weighted by atomic mass is 16.2. The number of anilines is 1. The largest absolute Gasteiger partial charge is 0.334 e. The van der Waals surface area contributed by atoms with Crippen molar-refractivity contribution in [1.29, 1.82) is 0 Å². The quantitative estimate of drug-likeness (QED) is 0.774. The highest BCUT2D eigenvalue weighted by Gasteiger charge is 2.29. The first-order valence-electron chi connectivity index (χ1n) is 9.31. The summed E-state index contributed by atoms with van der Waals surface area (Å²) in [5, 5.41) is 5.72. The lowest BCUT2D eigenvalue weighted by atomic mass is 9.91. The summed E-state index contributed by atoms with van der Waals surface area (Å²) < 4.78 is 0. The maximum Gasteiger partial charge on any atom is 0.319 e. The number of nitrogens with zero attached hydrogens (tertiary/aromatic N) is 1. The van der Waals surface area contributed by atoms with Crippen LogP contribution in [0.3, 0.4) is 0 Å². The van der Waals surface area contributed by atoms with Gasteiger partial charge in [0.2, 0.25) is 0 Å². The highest BCUT2D eigenvalue weighted by Crippen LogP contribution is 2.25. The Hall–Kier alpha value is -2.08. The van der Waals surface area contributed by atoms with Crippen molar-refractivity contribution >= 4 is 17.6 Å². The van der Waals surface area contributed by atoms with E-state index in [0.29, 0.717) is 23.7 Å². The SMILES string of the molecule is Cc1ccc(C(=O)N2CCC(C)CC2CN)cc1NC(=O)NC(C)(C)C. The van der Waals surface area contributed by atoms with Gasteiger partial charge >= 0.3 is 6.03 Å². The van der Waals surface area contributed by atoms with E-state index < -0.39 is 0 Å². The average Bonchev–Trinajstić information content (AvgIpc) is 2.54. The Morgan fingerprint density at radius 1 is 1.31 bits per heavy atom. The molecule has 0 aliphatic carbocycles. The zero-order chi connectivity index (χ0) is 19.5. The van der Waals surface area contributed by atoms with Gasteiger partial charge in [-0.1, -0.05) is 13.0 Å². The van der Waals surface area contributed by atoms with Crippen LogP contribution in [0.2, 0.25) is 0 Å². The van der Waals surface area contributed by atoms with Crippen LogP contribution in [0.15, 0.2) is 18.2 Å². The van der Waals surface area contributed by atoms with Gasteiger partial charge in [0.15, 0.2) is 0 Å². The second-order valence-corrected chi connectivity index (χ2v) is 8.38. The predicted molar refractivity (Wildman–Crippen MR) is 105 cm³/mol. The number of carbonyl (C=O) groups excluding carboxylic acids is 2. The number of aryl methyl sites for hydroxylation is 1. The molecule has 0 saturated carbocycles. The number of carbonyl (C=O) groups is 2. The molecule has 1 aliphatic rings. The fourth-order valence-electron chi connectivity index (χ4n) is 3.29. The first kappa shape index (κ1) is 20.2. The third-order valence-corrected chi connectivity index (χ3v) is 4.73. The van der Waals surface area contributed by atoms with Gasteiger partial charge in [0.05, 0.1) is 0 Å². The van der Waals surface area contributed by atoms with E-state index >= 15 is 0 Å². The molecule has 0 radical (unpaired) electrons. The van der Waals surface area contributed by atoms with Gasteiger partial charge in [0.25, 0.3) is 5.91 Å². The van der Waals surface area contributed by atoms with Crippen LogP contribution in [-0.2, 0) is 0 Å². The Bertz CT molecular complexity index is 666. The Balaban J connectivity index is 2.17. The van der Waals surface area contributed by atoms with Crippen molar-refractivity contribution in [3.8, 4) is 0 Å². The molecule has 1 saturated heterocycles. The lowest BCUT2D eigenvalue weighted by Crippen LogP contribution is -2.49. The van der Waals surface area contributed by atoms with Crippen LogP contribution in [0.25, 0.3) is 0 Å². The first-order chi connectivity index (χ1) is 12.1. The lowest BCUT2D eigenvalue weighted by molar-refractivity contribution is 0.0573. The molecule has 1 aromatic rings. The Morgan fingerprint density at radius 3 is 2.62 bits per heavy atom. The molecule has 6 nitrogen and oxygen atoms in total. The molecule has 2 atom stereocenters. The summed E-state index contributed by atoms with van der Waals surface area (Å²) in [6, 6.07) is 5.23. The number of nitrogens with two attached hydrogens (primary N) is 1. The van der Waals surface area contributed by atoms with E-state index in [2.05, 4.69) is 17.6 Å². The second kappa shape index (κ2) is 8.08. The maximum atomic E-state index is 13.0. The fourth-order valence-corrected chi connectivity index (χ4v) is 3.29. The van der Waals surface area contributed by atoms with Crippen molar-refractivity contribution in [2.75, 3.05) is 18.4 Å². The zero-order valence-corrected chi connectivity index (χ0v) is 16.6. The number of benzene rings is 1. The van der Waals surface area contributed by atoms with Crippen molar-refractivity contribution in [2.24, 2.45) is 11.7 Å². The van der Waals surface area contributed by atoms with E-state index in [1.807, 2.05) is 44.7 Å². The van der Waals surface area contributed by atoms with E-state index in [0.717, 1.165) is 24.9 Å². The summed E-state index contributed by atoms with van der Waals surface area (Å²) in [6.45, 7) is 11.1. The Morgan fingerprint density at radius 2 is 2.00 bits per heavy atom. The van der Waals surface area contributed by atoms with E-state index in [-0.39, 0.29) is 23.5 Å². The van der Waals surface area contributed by atoms with Gasteiger partial charge < -0.3 is 21.3 Å². The molecule has 1 fully saturated rings. The minimum Gasteiger partial charge on any atom is -0.334 e. The molecule has 0 bridgehead atoms. The molecule has 1 aliphatic heterocycles. The number of nitrogens with one attached hydrogen (secondary N) is 2. The normalized spacial score (nSPS) is 20.6. The average molecular weight is 361 g/mol. The molecule has 1 aromatic carbocycles. The van der Waals surface area contributed by atoms with Crippen LogP contribution < -0.4 is 16.4 Å². The zero-order valence-electron chi connectivity index (χ0n) is 16.6. The number of rotatable bonds is 3. The van der Waals surface area contributed by atoms with Gasteiger partial charge in [-0.15, -0.1) is 0 Å². The molecular weight excluding hydrogens is 328 g/mol. The molecule has 0 spiro atoms. The van der Waals surface area contributed by atoms with Gasteiger partial charge in [-0.25, -0.2) is 4.79 Å². The Labute approximate surface area is 156 Å². The predicted octanol–water partition coefficient (Wildman–Crippen LogP) is 3.11. The minimum absolute atomic E-state index is 0.0216. The summed E-state index contributed by atoms with van der Waals surface area (Å²) in [6.07, 6.45) is 1.93. The standard InChI is InChI=1S/C20H32N4O2/c1-13-8-9-24(16(10-13)12-21)18(25)15-7-6-14(2)17(11-15)22-19(26)23-20(3,4)5/h6-7,11,13,16H,8-10,12,21H2,1-5H3,(H2,22,23,26). The summed E-state index contributed by atoms with van der Waals surface area (Å²) in [5.41, 5.74) is 7.70. The maximum absolute atomic E-state index is 13.0. The van der Waals surface area contributed by atoms with Crippen LogP contribution in [0.1, 0.15) is 56.5 Å². The molecule has 1 heterocycles. The molecule has 0 aromatic heterocycles. The number of piperidine rings is 1. The van der Waals surface area contributed by atoms with E-state index in [1.54, 1.807) is 6.07 Å². The third-order valence-electron chi connectivity index (χ3n) is 4.73. The van der Waals surface area contributed by atoms with E-state index in [1.165, 1.54) is 0 Å². The van der Waals surface area contributed by atoms with Crippen LogP contribution in [0.4, 0.5) is 10.5 Å². The fraction of sp³-hybridized carbons (Fsp3) is 0.600. The van der Waals surface area contributed by atoms with Crippen LogP contribution >= 0.6 is 0 Å². The highest BCUT2D eigenvalue weighted by molar-refractivity contribution is 5.97. The molecule has 2 rings (SSSR count). The molecule has 2 unspecified atom stereocenters. The smallest absolute Gasteiger partial charge is 0.319 e. The van der Waals surface area contributed by atoms with Gasteiger partial charge in [0, 0.05) is 35.9 Å². The van der Waals surface area contributed by atoms with E-state index in [9.17, 15) is 9.59 Å². The topological polar surface area (TPSA) is 87.5 Å². The van der Waals surface area contributed by atoms with Crippen LogP contribution in [0, 0.1) is 12.8 Å². The van der Waals surface area contributed by atoms with Gasteiger partial charge in [-0.05, 0) is 64.2 Å². The van der Waals surface area contributed by atoms with Crippen LogP contribution in [0.5, 0.6) is 0 Å². The number of amides is 3. The summed E-state index contributed by atoms with van der Waals surface area (Å²) >= 11 is 0. The minimum atomic E-state index is -0.329. The van der Waals surface area contributed by atoms with Crippen molar-refractivity contribution in [2.45, 2.75) is 59.0 Å². The van der Waals surface area contributed by atoms with Crippen molar-refractivity contribution in [1.82, 2.24) is 10.2 Å². The number of urea groups is 1. The number of hydrogen-bond acceptors (Lipinski definition) is 3. The van der Waals surface area contributed by atoms with Crippen molar-refractivity contribution in [3.63, 3.8) is 0 Å². The summed E-state index contributed by atoms with van der Waals surface area (Å²) in [7, 11) is 0. The van der Waals surface area contributed by atoms with Crippen molar-refractivity contribution < 1.29 is 9.59 Å². The first-order valence-corrected chi connectivity index (χ1v) is 9.31. The second-order valence-electron chi connectivity index (χ2n) is 8.38. The third kappa shape index (κ3) is 5.21. The molecule has 144 valence electrons. The Kier molecular flexibility index (Phi) is 6.29. The lowest BCUT2D eigenvalue weighted by Gasteiger charge is -2.38. The molecule has 3 amide bonds. The molecule has 6 heteroatoms. The molecule has 26 heavy (non-hydrogen) atoms. The monoisotopic (exact) mass is 360 g/mol. The number of likely N-dealkylation sites (tertiary alicyclic amines) is 1. The van der Waals surface area contributed by atoms with Gasteiger partial charge in [-0.3, -0.25) is 4.79 Å². The van der Waals surface area contributed by atoms with Gasteiger partial charge in [0.1, 0.15) is 0 Å². The van der Waals surface area contributed by atoms with Gasteiger partial charge in [-0.2, -0.15) is 0 Å². The summed E-state index contributed by atoms with van der Waals surface area (Å²) in [5.74, 6) is 0.565. The van der Waals surface area contributed by atoms with Crippen molar-refractivity contribution in [3.05, 3.63) is 29.3 Å². The summed E-state index contributed by atoms with van der Waals surface area (Å²) in [4.78, 5) is 27.0. The molecule has 4 N–H and O–H groups in total. The molecular formula is C20H32N4O2. The number of hydrogen-bond donors (Lipinski definition) is 3.